The van der Waals surface area contributed by atoms with Gasteiger partial charge in [-0.3, -0.25) is 9.52 Å². The average molecular weight is 426 g/mol. The van der Waals surface area contributed by atoms with E-state index in [0.717, 1.165) is 11.3 Å². The Balaban J connectivity index is 1.82. The minimum atomic E-state index is -3.88. The number of hydrogen-bond donors (Lipinski definition) is 2. The van der Waals surface area contributed by atoms with Gasteiger partial charge in [-0.05, 0) is 42.5 Å². The van der Waals surface area contributed by atoms with Crippen molar-refractivity contribution in [1.29, 1.82) is 0 Å². The van der Waals surface area contributed by atoms with E-state index in [-0.39, 0.29) is 26.6 Å². The summed E-state index contributed by atoms with van der Waals surface area (Å²) in [7, 11) is -3.88. The summed E-state index contributed by atoms with van der Waals surface area (Å²) in [6.45, 7) is 1.34. The minimum Gasteiger partial charge on any atom is -0.325 e. The molecule has 10 heteroatoms. The van der Waals surface area contributed by atoms with E-state index in [4.69, 9.17) is 11.6 Å². The SMILES string of the molecule is CC(=O)Nc1ccc(NS(=O)(=O)c2cnc(-c3ccc(F)cc3)s2)cc1Cl. The smallest absolute Gasteiger partial charge is 0.273 e. The van der Waals surface area contributed by atoms with Gasteiger partial charge in [-0.15, -0.1) is 11.3 Å². The van der Waals surface area contributed by atoms with E-state index in [0.29, 0.717) is 16.3 Å². The second-order valence-electron chi connectivity index (χ2n) is 5.47. The van der Waals surface area contributed by atoms with Crippen molar-refractivity contribution in [2.24, 2.45) is 0 Å². The van der Waals surface area contributed by atoms with Gasteiger partial charge in [0.1, 0.15) is 10.8 Å². The molecule has 1 amide bonds. The van der Waals surface area contributed by atoms with Gasteiger partial charge < -0.3 is 5.32 Å². The van der Waals surface area contributed by atoms with Crippen LogP contribution < -0.4 is 10.0 Å². The van der Waals surface area contributed by atoms with Crippen molar-refractivity contribution >= 4 is 50.2 Å². The molecule has 6 nitrogen and oxygen atoms in total. The highest BCUT2D eigenvalue weighted by Crippen LogP contribution is 2.31. The third-order valence-electron chi connectivity index (χ3n) is 3.37. The lowest BCUT2D eigenvalue weighted by atomic mass is 10.2. The van der Waals surface area contributed by atoms with Crippen LogP contribution in [-0.4, -0.2) is 19.3 Å². The number of amides is 1. The lowest BCUT2D eigenvalue weighted by molar-refractivity contribution is -0.114. The van der Waals surface area contributed by atoms with Crippen molar-refractivity contribution < 1.29 is 17.6 Å². The lowest BCUT2D eigenvalue weighted by Crippen LogP contribution is -2.12. The van der Waals surface area contributed by atoms with Crippen molar-refractivity contribution in [2.45, 2.75) is 11.1 Å². The van der Waals surface area contributed by atoms with Gasteiger partial charge in [-0.2, -0.15) is 0 Å². The molecule has 0 bridgehead atoms. The monoisotopic (exact) mass is 425 g/mol. The summed E-state index contributed by atoms with van der Waals surface area (Å²) >= 11 is 7.02. The van der Waals surface area contributed by atoms with E-state index >= 15 is 0 Å². The van der Waals surface area contributed by atoms with E-state index in [2.05, 4.69) is 15.0 Å². The minimum absolute atomic E-state index is 0.00360. The van der Waals surface area contributed by atoms with E-state index in [1.807, 2.05) is 0 Å². The van der Waals surface area contributed by atoms with Crippen LogP contribution in [0.2, 0.25) is 5.02 Å². The molecule has 0 aliphatic heterocycles. The molecule has 1 heterocycles. The molecule has 2 N–H and O–H groups in total. The molecule has 2 aromatic carbocycles. The van der Waals surface area contributed by atoms with Gasteiger partial charge in [0.05, 0.1) is 22.6 Å². The number of benzene rings is 2. The molecular formula is C17H13ClFN3O3S2. The number of rotatable bonds is 5. The van der Waals surface area contributed by atoms with Crippen molar-refractivity contribution in [2.75, 3.05) is 10.0 Å². The highest BCUT2D eigenvalue weighted by molar-refractivity contribution is 7.94. The van der Waals surface area contributed by atoms with Crippen molar-refractivity contribution in [1.82, 2.24) is 4.98 Å². The van der Waals surface area contributed by atoms with Crippen LogP contribution in [0, 0.1) is 5.82 Å². The summed E-state index contributed by atoms with van der Waals surface area (Å²) in [5.74, 6) is -0.674. The summed E-state index contributed by atoms with van der Waals surface area (Å²) < 4.78 is 40.6. The zero-order valence-corrected chi connectivity index (χ0v) is 16.3. The van der Waals surface area contributed by atoms with Crippen LogP contribution in [0.5, 0.6) is 0 Å². The van der Waals surface area contributed by atoms with Gasteiger partial charge >= 0.3 is 0 Å². The Kier molecular flexibility index (Phi) is 5.45. The number of hydrogen-bond acceptors (Lipinski definition) is 5. The highest BCUT2D eigenvalue weighted by Gasteiger charge is 2.19. The fourth-order valence-electron chi connectivity index (χ4n) is 2.18. The number of nitrogens with one attached hydrogen (secondary N) is 2. The fourth-order valence-corrected chi connectivity index (χ4v) is 4.60. The normalized spacial score (nSPS) is 11.2. The van der Waals surface area contributed by atoms with Gasteiger partial charge in [0, 0.05) is 12.5 Å². The average Bonchev–Trinajstić information content (AvgIpc) is 3.08. The summed E-state index contributed by atoms with van der Waals surface area (Å²) in [6, 6.07) is 9.99. The number of nitrogens with zero attached hydrogens (tertiary/aromatic N) is 1. The van der Waals surface area contributed by atoms with Gasteiger partial charge in [0.2, 0.25) is 5.91 Å². The Hall–Kier alpha value is -2.49. The summed E-state index contributed by atoms with van der Waals surface area (Å²) in [5, 5.41) is 3.19. The quantitative estimate of drug-likeness (QED) is 0.635. The van der Waals surface area contributed by atoms with Crippen LogP contribution in [-0.2, 0) is 14.8 Å². The zero-order valence-electron chi connectivity index (χ0n) is 13.9. The lowest BCUT2D eigenvalue weighted by Gasteiger charge is -2.09. The molecule has 3 aromatic rings. The van der Waals surface area contributed by atoms with Crippen molar-refractivity contribution in [3.8, 4) is 10.6 Å². The Morgan fingerprint density at radius 3 is 2.52 bits per heavy atom. The largest absolute Gasteiger partial charge is 0.325 e. The fraction of sp³-hybridized carbons (Fsp3) is 0.0588. The molecule has 0 atom stereocenters. The maximum Gasteiger partial charge on any atom is 0.273 e. The molecule has 0 spiro atoms. The highest BCUT2D eigenvalue weighted by atomic mass is 35.5. The van der Waals surface area contributed by atoms with Crippen LogP contribution in [0.15, 0.2) is 52.9 Å². The van der Waals surface area contributed by atoms with E-state index in [1.54, 1.807) is 0 Å². The number of halogens is 2. The first-order valence-electron chi connectivity index (χ1n) is 7.56. The van der Waals surface area contributed by atoms with Gasteiger partial charge in [-0.25, -0.2) is 17.8 Å². The van der Waals surface area contributed by atoms with Gasteiger partial charge in [-0.1, -0.05) is 11.6 Å². The molecule has 0 radical (unpaired) electrons. The predicted molar refractivity (Wildman–Crippen MR) is 104 cm³/mol. The number of aromatic nitrogens is 1. The Morgan fingerprint density at radius 2 is 1.89 bits per heavy atom. The topological polar surface area (TPSA) is 88.2 Å². The molecule has 27 heavy (non-hydrogen) atoms. The van der Waals surface area contributed by atoms with E-state index in [1.165, 1.54) is 55.6 Å². The molecule has 0 fully saturated rings. The first-order valence-corrected chi connectivity index (χ1v) is 10.2. The summed E-state index contributed by atoms with van der Waals surface area (Å²) in [4.78, 5) is 15.2. The molecular weight excluding hydrogens is 413 g/mol. The third kappa shape index (κ3) is 4.62. The zero-order chi connectivity index (χ0) is 19.6. The predicted octanol–water partition coefficient (Wildman–Crippen LogP) is 4.36. The Bertz CT molecular complexity index is 1100. The number of sulfonamides is 1. The van der Waals surface area contributed by atoms with Crippen molar-refractivity contribution in [3.05, 3.63) is 59.5 Å². The van der Waals surface area contributed by atoms with Crippen LogP contribution in [0.3, 0.4) is 0 Å². The molecule has 0 unspecified atom stereocenters. The van der Waals surface area contributed by atoms with Gasteiger partial charge in [0.15, 0.2) is 4.21 Å². The first kappa shape index (κ1) is 19.3. The maximum absolute atomic E-state index is 13.0. The van der Waals surface area contributed by atoms with Crippen LogP contribution in [0.1, 0.15) is 6.92 Å². The van der Waals surface area contributed by atoms with Crippen LogP contribution in [0.25, 0.3) is 10.6 Å². The molecule has 3 rings (SSSR count). The third-order valence-corrected chi connectivity index (χ3v) is 6.57. The molecule has 140 valence electrons. The molecule has 1 aromatic heterocycles. The summed E-state index contributed by atoms with van der Waals surface area (Å²) in [6.07, 6.45) is 1.24. The summed E-state index contributed by atoms with van der Waals surface area (Å²) in [5.41, 5.74) is 1.24. The standard InChI is InChI=1S/C17H13ClFN3O3S2/c1-10(23)21-15-7-6-13(8-14(15)18)22-27(24,25)16-9-20-17(26-16)11-2-4-12(19)5-3-11/h2-9,22H,1H3,(H,21,23). The first-order chi connectivity index (χ1) is 12.7. The number of carbonyl (C=O) groups is 1. The molecule has 0 saturated carbocycles. The Labute approximate surface area is 164 Å². The number of thiazole rings is 1. The Morgan fingerprint density at radius 1 is 1.19 bits per heavy atom. The second-order valence-corrected chi connectivity index (χ2v) is 8.82. The van der Waals surface area contributed by atoms with E-state index < -0.39 is 10.0 Å². The van der Waals surface area contributed by atoms with Crippen molar-refractivity contribution in [3.63, 3.8) is 0 Å². The van der Waals surface area contributed by atoms with E-state index in [9.17, 15) is 17.6 Å². The van der Waals surface area contributed by atoms with Crippen LogP contribution in [0.4, 0.5) is 15.8 Å². The number of carbonyl (C=O) groups excluding carboxylic acids is 1. The molecule has 0 saturated heterocycles. The van der Waals surface area contributed by atoms with Crippen LogP contribution >= 0.6 is 22.9 Å². The molecule has 0 aliphatic rings. The van der Waals surface area contributed by atoms with Gasteiger partial charge in [0.25, 0.3) is 10.0 Å². The molecule has 0 aliphatic carbocycles. The maximum atomic E-state index is 13.0. The number of anilines is 2. The second kappa shape index (κ2) is 7.63.